The summed E-state index contributed by atoms with van der Waals surface area (Å²) in [5.74, 6) is -8.08. The van der Waals surface area contributed by atoms with Crippen molar-refractivity contribution in [2.45, 2.75) is 166 Å². The maximum atomic E-state index is 14.1. The van der Waals surface area contributed by atoms with Crippen LogP contribution in [0.3, 0.4) is 0 Å². The van der Waals surface area contributed by atoms with Gasteiger partial charge in [0, 0.05) is 48.9 Å². The Morgan fingerprint density at radius 3 is 2.16 bits per heavy atom. The van der Waals surface area contributed by atoms with E-state index in [-0.39, 0.29) is 65.5 Å². The first-order valence-electron chi connectivity index (χ1n) is 25.1. The van der Waals surface area contributed by atoms with Crippen molar-refractivity contribution >= 4 is 52.5 Å². The molecule has 0 unspecified atom stereocenters. The number of aliphatic hydroxyl groups excluding tert-OH is 2. The van der Waals surface area contributed by atoms with Crippen molar-refractivity contribution in [1.82, 2.24) is 26.8 Å². The van der Waals surface area contributed by atoms with Crippen LogP contribution in [0.1, 0.15) is 143 Å². The number of aromatic hydroxyl groups is 2. The molecule has 0 spiro atoms. The summed E-state index contributed by atoms with van der Waals surface area (Å²) in [4.78, 5) is 118. The van der Waals surface area contributed by atoms with E-state index >= 15 is 0 Å². The average molecular weight is 1070 g/mol. The van der Waals surface area contributed by atoms with Gasteiger partial charge in [-0.05, 0) is 59.9 Å². The number of hydrogen-bond donors (Lipinski definition) is 11. The molecule has 1 heterocycles. The molecule has 418 valence electrons. The fraction of sp³-hybridized carbons (Fsp3) is 0.596. The zero-order valence-corrected chi connectivity index (χ0v) is 44.2. The summed E-state index contributed by atoms with van der Waals surface area (Å²) in [7, 11) is 1.28. The molecular weight excluding hydrogens is 997 g/mol. The smallest absolute Gasteiger partial charge is 0.313 e. The zero-order valence-electron chi connectivity index (χ0n) is 44.2. The van der Waals surface area contributed by atoms with Gasteiger partial charge in [-0.1, -0.05) is 26.0 Å². The molecule has 0 aromatic heterocycles. The number of hydrogen-bond acceptors (Lipinski definition) is 22. The van der Waals surface area contributed by atoms with Crippen LogP contribution < -0.4 is 37.3 Å². The van der Waals surface area contributed by atoms with Crippen LogP contribution in [-0.4, -0.2) is 165 Å². The molecule has 1 fully saturated rings. The minimum absolute atomic E-state index is 0.0161. The molecule has 5 rings (SSSR count). The number of phenolic OH excluding ortho intramolecular Hbond substituents is 2. The molecule has 1 aliphatic heterocycles. The van der Waals surface area contributed by atoms with Gasteiger partial charge < -0.3 is 66.2 Å². The highest BCUT2D eigenvalue weighted by Gasteiger charge is 2.50. The van der Waals surface area contributed by atoms with Crippen molar-refractivity contribution in [2.75, 3.05) is 26.8 Å². The molecule has 2 aromatic rings. The van der Waals surface area contributed by atoms with E-state index in [1.54, 1.807) is 27.7 Å². The van der Waals surface area contributed by atoms with Crippen LogP contribution in [0.4, 0.5) is 0 Å². The first-order valence-corrected chi connectivity index (χ1v) is 25.1. The zero-order chi connectivity index (χ0) is 56.7. The van der Waals surface area contributed by atoms with E-state index in [1.165, 1.54) is 39.2 Å². The van der Waals surface area contributed by atoms with Crippen LogP contribution in [0.15, 0.2) is 18.2 Å². The Hall–Kier alpha value is -6.09. The maximum Gasteiger partial charge on any atom is 0.313 e. The van der Waals surface area contributed by atoms with Crippen molar-refractivity contribution in [3.63, 3.8) is 0 Å². The van der Waals surface area contributed by atoms with Crippen molar-refractivity contribution in [2.24, 2.45) is 11.7 Å². The molecule has 3 aliphatic rings. The first-order chi connectivity index (χ1) is 35.5. The van der Waals surface area contributed by atoms with Gasteiger partial charge in [0.2, 0.25) is 17.6 Å². The number of rotatable bonds is 26. The number of hydrazine groups is 1. The quantitative estimate of drug-likeness (QED) is 0.0213. The number of amides is 2. The summed E-state index contributed by atoms with van der Waals surface area (Å²) < 4.78 is 22.8. The molecule has 2 aliphatic carbocycles. The second kappa shape index (κ2) is 25.4. The number of Topliss-reactive ketones (excluding diaryl/α,β-unsaturated/α-hetero) is 4. The molecule has 0 radical (unpaired) electrons. The molecule has 2 aromatic carbocycles. The third-order valence-corrected chi connectivity index (χ3v) is 13.4. The van der Waals surface area contributed by atoms with Crippen LogP contribution >= 0.6 is 0 Å². The molecule has 2 amide bonds. The Morgan fingerprint density at radius 1 is 0.895 bits per heavy atom. The van der Waals surface area contributed by atoms with Crippen molar-refractivity contribution in [1.29, 1.82) is 0 Å². The van der Waals surface area contributed by atoms with Gasteiger partial charge in [-0.25, -0.2) is 10.9 Å². The number of ketones is 6. The summed E-state index contributed by atoms with van der Waals surface area (Å²) in [5.41, 5.74) is 5.81. The summed E-state index contributed by atoms with van der Waals surface area (Å²) in [6, 6.07) is -0.897. The number of carbonyl (C=O) groups is 9. The van der Waals surface area contributed by atoms with Crippen LogP contribution in [0.2, 0.25) is 0 Å². The van der Waals surface area contributed by atoms with Gasteiger partial charge in [-0.15, -0.1) is 0 Å². The molecule has 1 saturated heterocycles. The number of primary amides is 1. The number of benzene rings is 2. The van der Waals surface area contributed by atoms with E-state index in [1.807, 2.05) is 13.8 Å². The monoisotopic (exact) mass is 1070 g/mol. The molecule has 12 N–H and O–H groups in total. The number of fused-ring (bicyclic) bond motifs is 3. The van der Waals surface area contributed by atoms with Gasteiger partial charge in [0.1, 0.15) is 53.6 Å². The molecule has 10 atom stereocenters. The minimum Gasteiger partial charge on any atom is -0.507 e. The summed E-state index contributed by atoms with van der Waals surface area (Å²) in [6.45, 7) is 11.8. The lowest BCUT2D eigenvalue weighted by atomic mass is 9.72. The normalized spacial score (nSPS) is 22.8. The Balaban J connectivity index is 1.27. The number of nitrogens with one attached hydrogen (secondary N) is 5. The van der Waals surface area contributed by atoms with Crippen LogP contribution in [0.5, 0.6) is 17.2 Å². The molecule has 76 heavy (non-hydrogen) atoms. The average Bonchev–Trinajstić information content (AvgIpc) is 3.33. The van der Waals surface area contributed by atoms with Crippen LogP contribution in [-0.2, 0) is 54.2 Å². The molecule has 0 saturated carbocycles. The highest BCUT2D eigenvalue weighted by atomic mass is 16.7. The molecule has 24 nitrogen and oxygen atoms in total. The number of phenols is 2. The van der Waals surface area contributed by atoms with E-state index in [0.717, 1.165) is 0 Å². The second-order valence-corrected chi connectivity index (χ2v) is 21.0. The maximum absolute atomic E-state index is 14.1. The SMILES string of the molecule is COc1cccc2c1C(=O)c1c(O)c3c(c(O)c1C2=O)C[C@@](O)(C(=O)CO)C[C@@H]3O[C@H]1C[C@H](NC(=O)[C@H](CC(C)C)NN[C@@H](CC(N)=O)C(=O)CN[C@@H](C)C(=O)CCN[C@@H](C)C(=O)CC(=O)OC(C)(C)C)[C@H](O)[C@H](C)O1. The van der Waals surface area contributed by atoms with Gasteiger partial charge in [-0.2, -0.15) is 0 Å². The highest BCUT2D eigenvalue weighted by Crippen LogP contribution is 2.52. The van der Waals surface area contributed by atoms with Gasteiger partial charge in [-0.3, -0.25) is 43.2 Å². The Kier molecular flexibility index (Phi) is 20.3. The molecular formula is C52H72N6O18. The van der Waals surface area contributed by atoms with Crippen LogP contribution in [0, 0.1) is 5.92 Å². The predicted molar refractivity (Wildman–Crippen MR) is 268 cm³/mol. The second-order valence-electron chi connectivity index (χ2n) is 21.0. The predicted octanol–water partition coefficient (Wildman–Crippen LogP) is -0.303. The van der Waals surface area contributed by atoms with E-state index < -0.39 is 174 Å². The number of nitrogens with two attached hydrogens (primary N) is 1. The van der Waals surface area contributed by atoms with E-state index in [0.29, 0.717) is 0 Å². The number of methoxy groups -OCH3 is 1. The first kappa shape index (κ1) is 60.8. The lowest BCUT2D eigenvalue weighted by Crippen LogP contribution is -2.61. The minimum atomic E-state index is -2.43. The number of aliphatic hydroxyl groups is 3. The van der Waals surface area contributed by atoms with Crippen molar-refractivity contribution < 1.29 is 87.6 Å². The van der Waals surface area contributed by atoms with E-state index in [4.69, 9.17) is 24.7 Å². The number of ether oxygens (including phenoxy) is 4. The van der Waals surface area contributed by atoms with Crippen molar-refractivity contribution in [3.8, 4) is 17.2 Å². The van der Waals surface area contributed by atoms with Gasteiger partial charge in [0.25, 0.3) is 0 Å². The highest BCUT2D eigenvalue weighted by molar-refractivity contribution is 6.31. The number of carbonyl (C=O) groups excluding carboxylic acids is 9. The lowest BCUT2D eigenvalue weighted by molar-refractivity contribution is -0.249. The molecule has 24 heteroatoms. The van der Waals surface area contributed by atoms with Crippen molar-refractivity contribution in [3.05, 3.63) is 51.6 Å². The summed E-state index contributed by atoms with van der Waals surface area (Å²) in [5, 5.41) is 65.1. The fourth-order valence-corrected chi connectivity index (χ4v) is 9.40. The Bertz CT molecular complexity index is 2580. The van der Waals surface area contributed by atoms with E-state index in [2.05, 4.69) is 26.8 Å². The number of esters is 1. The van der Waals surface area contributed by atoms with Gasteiger partial charge >= 0.3 is 5.97 Å². The van der Waals surface area contributed by atoms with Gasteiger partial charge in [0.15, 0.2) is 35.2 Å². The lowest BCUT2D eigenvalue weighted by Gasteiger charge is -2.43. The Morgan fingerprint density at radius 2 is 1.54 bits per heavy atom. The summed E-state index contributed by atoms with van der Waals surface area (Å²) in [6.07, 6.45) is -7.89. The van der Waals surface area contributed by atoms with Gasteiger partial charge in [0.05, 0.1) is 73.1 Å². The van der Waals surface area contributed by atoms with E-state index in [9.17, 15) is 68.7 Å². The third kappa shape index (κ3) is 14.5. The topological polar surface area (TPSA) is 378 Å². The summed E-state index contributed by atoms with van der Waals surface area (Å²) >= 11 is 0. The third-order valence-electron chi connectivity index (χ3n) is 13.4. The molecule has 0 bridgehead atoms. The van der Waals surface area contributed by atoms with Crippen LogP contribution in [0.25, 0.3) is 0 Å². The standard InChI is InChI=1S/C52H72N6O18/c1-23(2)15-31(58-57-29(16-38(53)64)34(62)21-55-24(3)32(60)13-14-54-25(4)33(61)18-39(65)76-51(6,7)8)50(71)56-30-17-40(74-26(5)45(30)66)75-36-20-52(72,37(63)22-59)19-28-42(36)49(70)44-43(47(28)68)46(67)27-11-10-12-35(73-9)41(27)48(44)69/h10-12,23-26,29-31,36,40,45,54-55,57-59,66,68,70,72H,13-22H2,1-9H3,(H2,53,64)(H,56,71)/t24-,25-,26-,29-,30-,31-,36-,40-,45+,52-/m0/s1. The largest absolute Gasteiger partial charge is 0.507 e. The fourth-order valence-electron chi connectivity index (χ4n) is 9.40. The Labute approximate surface area is 439 Å².